The Bertz CT molecular complexity index is 1290. The smallest absolute Gasteiger partial charge is 0.318 e. The number of benzene rings is 4. The molecule has 0 saturated heterocycles. The average molecular weight is 618 g/mol. The van der Waals surface area contributed by atoms with Gasteiger partial charge in [-0.3, -0.25) is 0 Å². The van der Waals surface area contributed by atoms with E-state index in [0.29, 0.717) is 19.1 Å². The first kappa shape index (κ1) is 37.5. The first-order chi connectivity index (χ1) is 22.6. The molecule has 46 heavy (non-hydrogen) atoms. The zero-order valence-electron chi connectivity index (χ0n) is 27.4. The van der Waals surface area contributed by atoms with Crippen LogP contribution in [0.3, 0.4) is 0 Å². The van der Waals surface area contributed by atoms with Crippen LogP contribution in [0.1, 0.15) is 49.4 Å². The van der Waals surface area contributed by atoms with Gasteiger partial charge < -0.3 is 20.6 Å². The molecule has 3 N–H and O–H groups in total. The van der Waals surface area contributed by atoms with Crippen molar-refractivity contribution in [3.05, 3.63) is 181 Å². The molecule has 1 unspecified atom stereocenters. The summed E-state index contributed by atoms with van der Waals surface area (Å²) in [4.78, 5) is 14.9. The van der Waals surface area contributed by atoms with Crippen molar-refractivity contribution in [2.75, 3.05) is 19.6 Å². The summed E-state index contributed by atoms with van der Waals surface area (Å²) in [6, 6.07) is 41.9. The molecule has 0 aliphatic heterocycles. The third kappa shape index (κ3) is 16.4. The van der Waals surface area contributed by atoms with Gasteiger partial charge in [-0.05, 0) is 43.4 Å². The number of aliphatic hydroxyl groups is 1. The number of rotatable bonds is 14. The van der Waals surface area contributed by atoms with Crippen LogP contribution in [0.15, 0.2) is 164 Å². The minimum Gasteiger partial charge on any atom is -0.392 e. The summed E-state index contributed by atoms with van der Waals surface area (Å²) in [5.74, 6) is 0. The highest BCUT2D eigenvalue weighted by molar-refractivity contribution is 5.75. The van der Waals surface area contributed by atoms with Gasteiger partial charge in [0.15, 0.2) is 0 Å². The molecule has 0 spiro atoms. The van der Waals surface area contributed by atoms with Gasteiger partial charge in [-0.15, -0.1) is 0 Å². The summed E-state index contributed by atoms with van der Waals surface area (Å²) >= 11 is 0. The number of aliphatic hydroxyl groups excluding tert-OH is 1. The van der Waals surface area contributed by atoms with Gasteiger partial charge in [0, 0.05) is 25.7 Å². The summed E-state index contributed by atoms with van der Waals surface area (Å²) in [5, 5.41) is 15.3. The third-order valence-corrected chi connectivity index (χ3v) is 6.97. The highest BCUT2D eigenvalue weighted by Crippen LogP contribution is 2.22. The molecule has 0 aliphatic rings. The number of allylic oxidation sites excluding steroid dienone is 4. The maximum Gasteiger partial charge on any atom is 0.318 e. The second-order valence-electron chi connectivity index (χ2n) is 10.5. The van der Waals surface area contributed by atoms with E-state index in [9.17, 15) is 4.79 Å². The van der Waals surface area contributed by atoms with Gasteiger partial charge in [-0.1, -0.05) is 164 Å². The Labute approximate surface area is 277 Å². The Morgan fingerprint density at radius 1 is 0.783 bits per heavy atom. The minimum atomic E-state index is -0.175. The lowest BCUT2D eigenvalue weighted by Gasteiger charge is -2.27. The SMILES string of the molecule is C=C/C=C\C/C=C\CC(C)NCCN(CC)C(=O)NC(c1ccccc1)c1ccccc1.OCc1ccccc1.c1ccccc1. The highest BCUT2D eigenvalue weighted by atomic mass is 16.3. The predicted octanol–water partition coefficient (Wildman–Crippen LogP) is 8.73. The van der Waals surface area contributed by atoms with E-state index in [-0.39, 0.29) is 18.7 Å². The molecule has 0 fully saturated rings. The van der Waals surface area contributed by atoms with E-state index >= 15 is 0 Å². The van der Waals surface area contributed by atoms with Crippen molar-refractivity contribution in [2.45, 2.75) is 45.4 Å². The average Bonchev–Trinajstić information content (AvgIpc) is 3.13. The van der Waals surface area contributed by atoms with Crippen molar-refractivity contribution in [1.29, 1.82) is 0 Å². The Balaban J connectivity index is 0.000000426. The summed E-state index contributed by atoms with van der Waals surface area (Å²) < 4.78 is 0. The maximum absolute atomic E-state index is 13.1. The monoisotopic (exact) mass is 617 g/mol. The van der Waals surface area contributed by atoms with Crippen LogP contribution < -0.4 is 10.6 Å². The van der Waals surface area contributed by atoms with Crippen molar-refractivity contribution in [3.63, 3.8) is 0 Å². The maximum atomic E-state index is 13.1. The van der Waals surface area contributed by atoms with Gasteiger partial charge in [0.25, 0.3) is 0 Å². The molecule has 1 atom stereocenters. The fraction of sp³-hybridized carbons (Fsp3) is 0.244. The molecular weight excluding hydrogens is 566 g/mol. The lowest BCUT2D eigenvalue weighted by Crippen LogP contribution is -2.45. The van der Waals surface area contributed by atoms with Crippen LogP contribution in [0.5, 0.6) is 0 Å². The van der Waals surface area contributed by atoms with Gasteiger partial charge in [-0.25, -0.2) is 4.79 Å². The summed E-state index contributed by atoms with van der Waals surface area (Å²) in [7, 11) is 0. The van der Waals surface area contributed by atoms with Gasteiger partial charge in [0.2, 0.25) is 0 Å². The fourth-order valence-corrected chi connectivity index (χ4v) is 4.42. The van der Waals surface area contributed by atoms with Gasteiger partial charge in [-0.2, -0.15) is 0 Å². The third-order valence-electron chi connectivity index (χ3n) is 6.97. The number of hydrogen-bond acceptors (Lipinski definition) is 3. The van der Waals surface area contributed by atoms with E-state index in [0.717, 1.165) is 36.1 Å². The van der Waals surface area contributed by atoms with E-state index in [4.69, 9.17) is 5.11 Å². The molecule has 0 saturated carbocycles. The lowest BCUT2D eigenvalue weighted by molar-refractivity contribution is 0.197. The fourth-order valence-electron chi connectivity index (χ4n) is 4.42. The molecule has 2 amide bonds. The van der Waals surface area contributed by atoms with Crippen LogP contribution in [0.25, 0.3) is 0 Å². The molecule has 0 aromatic heterocycles. The highest BCUT2D eigenvalue weighted by Gasteiger charge is 2.19. The number of amides is 2. The van der Waals surface area contributed by atoms with E-state index < -0.39 is 0 Å². The Kier molecular flexibility index (Phi) is 20.0. The Morgan fingerprint density at radius 2 is 1.28 bits per heavy atom. The standard InChI is InChI=1S/C28H37N3O.C7H8O.C6H6/c1-4-6-7-8-9-12-17-24(3)29-22-23-31(5-2)28(32)30-27(25-18-13-10-14-19-25)26-20-15-11-16-21-26;8-6-7-4-2-1-3-5-7;1-2-4-6-5-3-1/h4,6-7,9-16,18-21,24,27,29H,1,5,8,17,22-23H2,2-3H3,(H,30,32);1-5,8H,6H2;1-6H/b7-6-,12-9-;;. The number of nitrogens with one attached hydrogen (secondary N) is 2. The number of urea groups is 1. The van der Waals surface area contributed by atoms with E-state index in [1.54, 1.807) is 6.08 Å². The van der Waals surface area contributed by atoms with Crippen molar-refractivity contribution in [3.8, 4) is 0 Å². The van der Waals surface area contributed by atoms with Crippen LogP contribution in [0, 0.1) is 0 Å². The number of carbonyl (C=O) groups is 1. The number of nitrogens with zero attached hydrogens (tertiary/aromatic N) is 1. The minimum absolute atomic E-state index is 0.0476. The predicted molar refractivity (Wildman–Crippen MR) is 194 cm³/mol. The lowest BCUT2D eigenvalue weighted by atomic mass is 9.99. The van der Waals surface area contributed by atoms with Gasteiger partial charge in [0.05, 0.1) is 12.6 Å². The number of carbonyl (C=O) groups excluding carboxylic acids is 1. The summed E-state index contributed by atoms with van der Waals surface area (Å²) in [5.41, 5.74) is 3.11. The normalized spacial score (nSPS) is 11.2. The second-order valence-corrected chi connectivity index (χ2v) is 10.5. The topological polar surface area (TPSA) is 64.6 Å². The molecule has 5 heteroatoms. The van der Waals surface area contributed by atoms with Gasteiger partial charge in [0.1, 0.15) is 0 Å². The zero-order valence-corrected chi connectivity index (χ0v) is 27.4. The first-order valence-electron chi connectivity index (χ1n) is 16.0. The molecule has 0 radical (unpaired) electrons. The zero-order chi connectivity index (χ0) is 33.1. The molecule has 242 valence electrons. The molecule has 0 heterocycles. The summed E-state index contributed by atoms with van der Waals surface area (Å²) in [6.07, 6.45) is 12.1. The van der Waals surface area contributed by atoms with Crippen LogP contribution in [0.2, 0.25) is 0 Å². The van der Waals surface area contributed by atoms with E-state index in [2.05, 4.69) is 66.6 Å². The molecule has 0 aliphatic carbocycles. The molecule has 4 aromatic rings. The molecule has 4 aromatic carbocycles. The molecular formula is C41H51N3O2. The second kappa shape index (κ2) is 24.6. The van der Waals surface area contributed by atoms with E-state index in [1.807, 2.05) is 121 Å². The van der Waals surface area contributed by atoms with Crippen molar-refractivity contribution in [2.24, 2.45) is 0 Å². The Morgan fingerprint density at radius 3 is 1.74 bits per heavy atom. The molecule has 4 rings (SSSR count). The van der Waals surface area contributed by atoms with Crippen LogP contribution in [-0.2, 0) is 6.61 Å². The van der Waals surface area contributed by atoms with Crippen molar-refractivity contribution >= 4 is 6.03 Å². The van der Waals surface area contributed by atoms with E-state index in [1.165, 1.54) is 0 Å². The number of likely N-dealkylation sites (N-methyl/N-ethyl adjacent to an activating group) is 1. The van der Waals surface area contributed by atoms with Crippen molar-refractivity contribution in [1.82, 2.24) is 15.5 Å². The van der Waals surface area contributed by atoms with Gasteiger partial charge >= 0.3 is 6.03 Å². The molecule has 0 bridgehead atoms. The van der Waals surface area contributed by atoms with Crippen LogP contribution in [-0.4, -0.2) is 41.7 Å². The van der Waals surface area contributed by atoms with Crippen LogP contribution >= 0.6 is 0 Å². The summed E-state index contributed by atoms with van der Waals surface area (Å²) in [6.45, 7) is 10.1. The Hall–Kier alpha value is -4.71. The van der Waals surface area contributed by atoms with Crippen LogP contribution in [0.4, 0.5) is 4.79 Å². The number of hydrogen-bond donors (Lipinski definition) is 3. The van der Waals surface area contributed by atoms with Crippen molar-refractivity contribution < 1.29 is 9.90 Å². The molecule has 5 nitrogen and oxygen atoms in total. The quantitative estimate of drug-likeness (QED) is 0.0979. The largest absolute Gasteiger partial charge is 0.392 e. The first-order valence-corrected chi connectivity index (χ1v) is 16.0.